The lowest BCUT2D eigenvalue weighted by Gasteiger charge is -2.51. The van der Waals surface area contributed by atoms with Crippen molar-refractivity contribution in [1.82, 2.24) is 15.3 Å². The molecule has 1 aromatic heterocycles. The van der Waals surface area contributed by atoms with Crippen molar-refractivity contribution in [3.8, 4) is 0 Å². The number of nitrogens with zero attached hydrogens (tertiary/aromatic N) is 2. The Morgan fingerprint density at radius 1 is 1.60 bits per heavy atom. The van der Waals surface area contributed by atoms with E-state index in [9.17, 15) is 0 Å². The predicted molar refractivity (Wildman–Crippen MR) is 54.1 cm³/mol. The van der Waals surface area contributed by atoms with E-state index in [1.165, 1.54) is 12.8 Å². The van der Waals surface area contributed by atoms with Crippen LogP contribution < -0.4 is 5.32 Å². The fourth-order valence-corrected chi connectivity index (χ4v) is 2.56. The molecule has 4 heteroatoms. The number of hydrogen-bond donors (Lipinski definition) is 1. The molecule has 2 aliphatic heterocycles. The van der Waals surface area contributed by atoms with Crippen molar-refractivity contribution >= 4 is 0 Å². The fourth-order valence-electron chi connectivity index (χ4n) is 2.56. The van der Waals surface area contributed by atoms with Crippen LogP contribution in [-0.2, 0) is 4.74 Å². The molecule has 2 unspecified atom stereocenters. The van der Waals surface area contributed by atoms with E-state index >= 15 is 0 Å². The van der Waals surface area contributed by atoms with E-state index in [1.807, 2.05) is 6.07 Å². The Kier molecular flexibility index (Phi) is 2.18. The summed E-state index contributed by atoms with van der Waals surface area (Å²) < 4.78 is 5.66. The molecule has 1 spiro atoms. The van der Waals surface area contributed by atoms with Crippen LogP contribution in [0.5, 0.6) is 0 Å². The first-order chi connectivity index (χ1) is 7.41. The van der Waals surface area contributed by atoms with Gasteiger partial charge in [-0.15, -0.1) is 0 Å². The molecule has 2 saturated heterocycles. The first kappa shape index (κ1) is 9.24. The Morgan fingerprint density at radius 2 is 2.60 bits per heavy atom. The van der Waals surface area contributed by atoms with E-state index in [0.717, 1.165) is 25.4 Å². The summed E-state index contributed by atoms with van der Waals surface area (Å²) in [4.78, 5) is 7.97. The van der Waals surface area contributed by atoms with Crippen LogP contribution in [-0.4, -0.2) is 29.7 Å². The van der Waals surface area contributed by atoms with E-state index in [0.29, 0.717) is 0 Å². The zero-order valence-electron chi connectivity index (χ0n) is 8.57. The summed E-state index contributed by atoms with van der Waals surface area (Å²) in [6, 6.07) is 1.93. The molecule has 1 aromatic rings. The molecule has 3 heterocycles. The molecule has 0 aromatic carbocycles. The number of piperidine rings is 1. The molecule has 15 heavy (non-hydrogen) atoms. The smallest absolute Gasteiger partial charge is 0.198 e. The molecular weight excluding hydrogens is 190 g/mol. The number of ether oxygens (including phenoxy) is 1. The van der Waals surface area contributed by atoms with Crippen LogP contribution >= 0.6 is 0 Å². The average Bonchev–Trinajstić information content (AvgIpc) is 2.30. The summed E-state index contributed by atoms with van der Waals surface area (Å²) in [6.07, 6.45) is 6.97. The standard InChI is InChI=1S/C11H14N3O/c1-3-11(6-12-4-1)7-15-10(11)9-2-5-13-8-14-9/h2,5,10,12H,1,3-4,6-7H2. The van der Waals surface area contributed by atoms with Crippen molar-refractivity contribution in [3.05, 3.63) is 24.3 Å². The fraction of sp³-hybridized carbons (Fsp3) is 0.636. The Bertz CT molecular complexity index is 335. The number of hydrogen-bond acceptors (Lipinski definition) is 4. The van der Waals surface area contributed by atoms with Crippen molar-refractivity contribution < 1.29 is 4.74 Å². The van der Waals surface area contributed by atoms with Gasteiger partial charge in [0, 0.05) is 18.2 Å². The number of rotatable bonds is 1. The molecule has 1 N–H and O–H groups in total. The lowest BCUT2D eigenvalue weighted by atomic mass is 9.71. The van der Waals surface area contributed by atoms with Gasteiger partial charge in [0.15, 0.2) is 6.33 Å². The first-order valence-corrected chi connectivity index (χ1v) is 5.42. The largest absolute Gasteiger partial charge is 0.370 e. The van der Waals surface area contributed by atoms with Crippen molar-refractivity contribution in [2.75, 3.05) is 19.7 Å². The maximum atomic E-state index is 5.66. The third-order valence-corrected chi connectivity index (χ3v) is 3.42. The Morgan fingerprint density at radius 3 is 3.20 bits per heavy atom. The molecule has 2 atom stereocenters. The van der Waals surface area contributed by atoms with E-state index in [-0.39, 0.29) is 11.5 Å². The van der Waals surface area contributed by atoms with Crippen LogP contribution in [0.25, 0.3) is 0 Å². The SMILES string of the molecule is [c]1nccc(C2OCC23CCCNC3)n1. The highest BCUT2D eigenvalue weighted by Gasteiger charge is 2.50. The van der Waals surface area contributed by atoms with Crippen LogP contribution in [0, 0.1) is 11.7 Å². The second kappa shape index (κ2) is 3.54. The van der Waals surface area contributed by atoms with Crippen LogP contribution in [0.15, 0.2) is 12.3 Å². The molecule has 79 valence electrons. The van der Waals surface area contributed by atoms with E-state index in [2.05, 4.69) is 21.6 Å². The van der Waals surface area contributed by atoms with Gasteiger partial charge < -0.3 is 10.1 Å². The summed E-state index contributed by atoms with van der Waals surface area (Å²) in [5.41, 5.74) is 1.25. The van der Waals surface area contributed by atoms with Crippen LogP contribution in [0.2, 0.25) is 0 Å². The predicted octanol–water partition coefficient (Wildman–Crippen LogP) is 0.718. The summed E-state index contributed by atoms with van der Waals surface area (Å²) in [7, 11) is 0. The molecule has 2 aliphatic rings. The lowest BCUT2D eigenvalue weighted by molar-refractivity contribution is -0.200. The third-order valence-electron chi connectivity index (χ3n) is 3.42. The number of aromatic nitrogens is 2. The Balaban J connectivity index is 1.83. The van der Waals surface area contributed by atoms with E-state index in [1.54, 1.807) is 6.20 Å². The van der Waals surface area contributed by atoms with Gasteiger partial charge in [-0.05, 0) is 25.5 Å². The van der Waals surface area contributed by atoms with Crippen LogP contribution in [0.1, 0.15) is 24.6 Å². The molecule has 3 rings (SSSR count). The highest BCUT2D eigenvalue weighted by atomic mass is 16.5. The quantitative estimate of drug-likeness (QED) is 0.732. The van der Waals surface area contributed by atoms with Gasteiger partial charge in [-0.2, -0.15) is 0 Å². The van der Waals surface area contributed by atoms with Crippen molar-refractivity contribution in [3.63, 3.8) is 0 Å². The Hall–Kier alpha value is -1.00. The van der Waals surface area contributed by atoms with Crippen molar-refractivity contribution in [2.24, 2.45) is 5.41 Å². The molecule has 0 saturated carbocycles. The van der Waals surface area contributed by atoms with Gasteiger partial charge in [-0.1, -0.05) is 0 Å². The monoisotopic (exact) mass is 204 g/mol. The number of nitrogens with one attached hydrogen (secondary N) is 1. The minimum Gasteiger partial charge on any atom is -0.370 e. The van der Waals surface area contributed by atoms with Gasteiger partial charge in [-0.25, -0.2) is 9.97 Å². The first-order valence-electron chi connectivity index (χ1n) is 5.42. The van der Waals surface area contributed by atoms with Gasteiger partial charge in [0.2, 0.25) is 0 Å². The molecular formula is C11H14N3O. The maximum Gasteiger partial charge on any atom is 0.198 e. The van der Waals surface area contributed by atoms with Gasteiger partial charge in [0.05, 0.1) is 12.3 Å². The summed E-state index contributed by atoms with van der Waals surface area (Å²) in [5.74, 6) is 0. The second-order valence-corrected chi connectivity index (χ2v) is 4.42. The van der Waals surface area contributed by atoms with Crippen LogP contribution in [0.3, 0.4) is 0 Å². The summed E-state index contributed by atoms with van der Waals surface area (Å²) in [5, 5.41) is 3.44. The third kappa shape index (κ3) is 1.44. The highest BCUT2D eigenvalue weighted by Crippen LogP contribution is 2.49. The topological polar surface area (TPSA) is 47.0 Å². The minimum absolute atomic E-state index is 0.143. The molecule has 0 bridgehead atoms. The minimum atomic E-state index is 0.143. The van der Waals surface area contributed by atoms with E-state index in [4.69, 9.17) is 4.74 Å². The lowest BCUT2D eigenvalue weighted by Crippen LogP contribution is -2.54. The van der Waals surface area contributed by atoms with Crippen molar-refractivity contribution in [2.45, 2.75) is 18.9 Å². The summed E-state index contributed by atoms with van der Waals surface area (Å²) in [6.45, 7) is 3.03. The molecule has 0 aliphatic carbocycles. The summed E-state index contributed by atoms with van der Waals surface area (Å²) >= 11 is 0. The van der Waals surface area contributed by atoms with Crippen LogP contribution in [0.4, 0.5) is 0 Å². The van der Waals surface area contributed by atoms with Crippen molar-refractivity contribution in [1.29, 1.82) is 0 Å². The highest BCUT2D eigenvalue weighted by molar-refractivity contribution is 5.13. The molecule has 4 nitrogen and oxygen atoms in total. The second-order valence-electron chi connectivity index (χ2n) is 4.42. The molecule has 0 amide bonds. The van der Waals surface area contributed by atoms with Gasteiger partial charge in [0.1, 0.15) is 6.10 Å². The van der Waals surface area contributed by atoms with E-state index < -0.39 is 0 Å². The molecule has 1 radical (unpaired) electrons. The zero-order valence-corrected chi connectivity index (χ0v) is 8.57. The maximum absolute atomic E-state index is 5.66. The van der Waals surface area contributed by atoms with Gasteiger partial charge in [0.25, 0.3) is 0 Å². The normalized spacial score (nSPS) is 35.1. The Labute approximate surface area is 89.1 Å². The average molecular weight is 204 g/mol. The van der Waals surface area contributed by atoms with Gasteiger partial charge in [-0.3, -0.25) is 0 Å². The van der Waals surface area contributed by atoms with Gasteiger partial charge >= 0.3 is 0 Å². The zero-order chi connectivity index (χ0) is 10.1. The molecule has 2 fully saturated rings.